The highest BCUT2D eigenvalue weighted by Gasteiger charge is 2.38. The predicted octanol–water partition coefficient (Wildman–Crippen LogP) is 3.16. The van der Waals surface area contributed by atoms with Gasteiger partial charge >= 0.3 is 0 Å². The van der Waals surface area contributed by atoms with Crippen LogP contribution in [0.3, 0.4) is 0 Å². The Labute approximate surface area is 107 Å². The molecule has 2 heteroatoms. The minimum atomic E-state index is 0.339. The summed E-state index contributed by atoms with van der Waals surface area (Å²) in [5, 5.41) is 0. The van der Waals surface area contributed by atoms with Crippen LogP contribution >= 0.6 is 0 Å². The first kappa shape index (κ1) is 13.4. The van der Waals surface area contributed by atoms with Gasteiger partial charge in [0.25, 0.3) is 0 Å². The Morgan fingerprint density at radius 1 is 0.941 bits per heavy atom. The molecule has 2 aliphatic rings. The highest BCUT2D eigenvalue weighted by Crippen LogP contribution is 2.36. The van der Waals surface area contributed by atoms with E-state index in [4.69, 9.17) is 5.73 Å². The minimum absolute atomic E-state index is 0.339. The summed E-state index contributed by atoms with van der Waals surface area (Å²) in [5.41, 5.74) is 6.87. The summed E-state index contributed by atoms with van der Waals surface area (Å²) in [6, 6.07) is 1.02. The quantitative estimate of drug-likeness (QED) is 0.760. The maximum absolute atomic E-state index is 6.54. The van der Waals surface area contributed by atoms with Gasteiger partial charge in [0.05, 0.1) is 0 Å². The van der Waals surface area contributed by atoms with Gasteiger partial charge < -0.3 is 5.73 Å². The fourth-order valence-electron chi connectivity index (χ4n) is 3.65. The molecule has 0 amide bonds. The summed E-state index contributed by atoms with van der Waals surface area (Å²) in [6.07, 6.45) is 11.0. The Morgan fingerprint density at radius 3 is 2.18 bits per heavy atom. The average Bonchev–Trinajstić information content (AvgIpc) is 2.23. The highest BCUT2D eigenvalue weighted by molar-refractivity contribution is 4.96. The first-order valence-corrected chi connectivity index (χ1v) is 7.61. The second-order valence-electron chi connectivity index (χ2n) is 6.78. The zero-order valence-electron chi connectivity index (χ0n) is 11.8. The first-order valence-electron chi connectivity index (χ1n) is 7.61. The van der Waals surface area contributed by atoms with E-state index in [9.17, 15) is 0 Å². The van der Waals surface area contributed by atoms with Gasteiger partial charge in [-0.15, -0.1) is 0 Å². The largest absolute Gasteiger partial charge is 0.326 e. The molecule has 2 nitrogen and oxygen atoms in total. The van der Waals surface area contributed by atoms with E-state index < -0.39 is 0 Å². The molecule has 0 aromatic rings. The highest BCUT2D eigenvalue weighted by atomic mass is 15.2. The van der Waals surface area contributed by atoms with Gasteiger partial charge in [-0.1, -0.05) is 39.5 Å². The van der Waals surface area contributed by atoms with E-state index in [1.54, 1.807) is 0 Å². The molecule has 2 atom stereocenters. The van der Waals surface area contributed by atoms with Crippen LogP contribution in [-0.2, 0) is 0 Å². The van der Waals surface area contributed by atoms with Crippen LogP contribution in [0.5, 0.6) is 0 Å². The lowest BCUT2D eigenvalue weighted by atomic mass is 9.70. The van der Waals surface area contributed by atoms with Crippen LogP contribution in [0.15, 0.2) is 0 Å². The molecular weight excluding hydrogens is 208 g/mol. The lowest BCUT2D eigenvalue weighted by molar-refractivity contribution is 0.0625. The molecule has 2 fully saturated rings. The van der Waals surface area contributed by atoms with E-state index in [0.717, 1.165) is 0 Å². The Morgan fingerprint density at radius 2 is 1.53 bits per heavy atom. The summed E-state index contributed by atoms with van der Waals surface area (Å²) in [5.74, 6) is 0. The van der Waals surface area contributed by atoms with Crippen molar-refractivity contribution in [3.63, 3.8) is 0 Å². The Hall–Kier alpha value is -0.0800. The molecule has 0 aromatic carbocycles. The van der Waals surface area contributed by atoms with Crippen molar-refractivity contribution in [2.75, 3.05) is 13.1 Å². The molecule has 0 aromatic heterocycles. The molecule has 0 spiro atoms. The second kappa shape index (κ2) is 5.71. The fourth-order valence-corrected chi connectivity index (χ4v) is 3.65. The topological polar surface area (TPSA) is 29.3 Å². The summed E-state index contributed by atoms with van der Waals surface area (Å²) < 4.78 is 0. The summed E-state index contributed by atoms with van der Waals surface area (Å²) >= 11 is 0. The van der Waals surface area contributed by atoms with Gasteiger partial charge in [-0.3, -0.25) is 4.90 Å². The lowest BCUT2D eigenvalue weighted by Gasteiger charge is -2.47. The van der Waals surface area contributed by atoms with Crippen LogP contribution < -0.4 is 5.73 Å². The van der Waals surface area contributed by atoms with Gasteiger partial charge in [0.2, 0.25) is 0 Å². The van der Waals surface area contributed by atoms with Crippen LogP contribution in [0, 0.1) is 5.41 Å². The van der Waals surface area contributed by atoms with E-state index >= 15 is 0 Å². The number of nitrogens with zero attached hydrogens (tertiary/aromatic N) is 1. The van der Waals surface area contributed by atoms with Gasteiger partial charge in [-0.2, -0.15) is 0 Å². The van der Waals surface area contributed by atoms with Crippen LogP contribution in [0.4, 0.5) is 0 Å². The zero-order valence-corrected chi connectivity index (χ0v) is 11.8. The van der Waals surface area contributed by atoms with Crippen molar-refractivity contribution in [3.05, 3.63) is 0 Å². The number of hydrogen-bond acceptors (Lipinski definition) is 2. The first-order chi connectivity index (χ1) is 8.11. The Bertz CT molecular complexity index is 229. The van der Waals surface area contributed by atoms with E-state index in [1.165, 1.54) is 64.5 Å². The smallest absolute Gasteiger partial charge is 0.0252 e. The molecule has 1 saturated carbocycles. The fraction of sp³-hybridized carbons (Fsp3) is 1.00. The van der Waals surface area contributed by atoms with Crippen molar-refractivity contribution >= 4 is 0 Å². The summed E-state index contributed by atoms with van der Waals surface area (Å²) in [6.45, 7) is 7.28. The van der Waals surface area contributed by atoms with Crippen molar-refractivity contribution in [3.8, 4) is 0 Å². The molecule has 1 aliphatic heterocycles. The van der Waals surface area contributed by atoms with Gasteiger partial charge in [-0.05, 0) is 44.2 Å². The number of nitrogens with two attached hydrogens (primary N) is 1. The maximum atomic E-state index is 6.54. The van der Waals surface area contributed by atoms with Gasteiger partial charge in [0.15, 0.2) is 0 Å². The predicted molar refractivity (Wildman–Crippen MR) is 74.1 cm³/mol. The lowest BCUT2D eigenvalue weighted by Crippen LogP contribution is -2.57. The third-order valence-electron chi connectivity index (χ3n) is 5.00. The maximum Gasteiger partial charge on any atom is 0.0252 e. The van der Waals surface area contributed by atoms with Gasteiger partial charge in [-0.25, -0.2) is 0 Å². The molecule has 1 aliphatic carbocycles. The zero-order chi connectivity index (χ0) is 12.3. The van der Waals surface area contributed by atoms with E-state index in [0.29, 0.717) is 17.5 Å². The van der Waals surface area contributed by atoms with Crippen molar-refractivity contribution in [2.45, 2.75) is 77.3 Å². The monoisotopic (exact) mass is 238 g/mol. The minimum Gasteiger partial charge on any atom is -0.326 e. The van der Waals surface area contributed by atoms with Crippen LogP contribution in [-0.4, -0.2) is 30.1 Å². The Balaban J connectivity index is 1.98. The molecule has 1 heterocycles. The van der Waals surface area contributed by atoms with Gasteiger partial charge in [0.1, 0.15) is 0 Å². The number of likely N-dealkylation sites (tertiary alicyclic amines) is 1. The number of hydrogen-bond donors (Lipinski definition) is 1. The average molecular weight is 238 g/mol. The van der Waals surface area contributed by atoms with E-state index in [1.807, 2.05) is 0 Å². The molecular formula is C15H30N2. The summed E-state index contributed by atoms with van der Waals surface area (Å²) in [7, 11) is 0. The van der Waals surface area contributed by atoms with Crippen LogP contribution in [0.25, 0.3) is 0 Å². The third kappa shape index (κ3) is 3.23. The second-order valence-corrected chi connectivity index (χ2v) is 6.78. The molecule has 0 bridgehead atoms. The number of rotatable bonds is 1. The molecule has 17 heavy (non-hydrogen) atoms. The SMILES string of the molecule is CC1(C)CCCC(N2CCCCCCC2)C1N. The van der Waals surface area contributed by atoms with Crippen LogP contribution in [0.1, 0.15) is 65.2 Å². The van der Waals surface area contributed by atoms with E-state index in [2.05, 4.69) is 18.7 Å². The van der Waals surface area contributed by atoms with Crippen molar-refractivity contribution in [1.82, 2.24) is 4.90 Å². The third-order valence-corrected chi connectivity index (χ3v) is 5.00. The summed E-state index contributed by atoms with van der Waals surface area (Å²) in [4.78, 5) is 2.71. The molecule has 1 saturated heterocycles. The molecule has 2 N–H and O–H groups in total. The van der Waals surface area contributed by atoms with E-state index in [-0.39, 0.29) is 0 Å². The molecule has 2 rings (SSSR count). The van der Waals surface area contributed by atoms with Crippen LogP contribution in [0.2, 0.25) is 0 Å². The standard InChI is InChI=1S/C15H30N2/c1-15(2)10-8-9-13(14(15)16)17-11-6-4-3-5-7-12-17/h13-14H,3-12,16H2,1-2H3. The molecule has 0 radical (unpaired) electrons. The van der Waals surface area contributed by atoms with Crippen molar-refractivity contribution < 1.29 is 0 Å². The van der Waals surface area contributed by atoms with Gasteiger partial charge in [0, 0.05) is 12.1 Å². The molecule has 2 unspecified atom stereocenters. The van der Waals surface area contributed by atoms with Crippen molar-refractivity contribution in [2.24, 2.45) is 11.1 Å². The van der Waals surface area contributed by atoms with Crippen molar-refractivity contribution in [1.29, 1.82) is 0 Å². The normalized spacial score (nSPS) is 36.2. The Kier molecular flexibility index (Phi) is 4.48. The molecule has 100 valence electrons.